The lowest BCUT2D eigenvalue weighted by atomic mass is 9.86. The summed E-state index contributed by atoms with van der Waals surface area (Å²) in [5.41, 5.74) is 11.1. The summed E-state index contributed by atoms with van der Waals surface area (Å²) in [6.45, 7) is 1.68. The number of anilines is 2. The van der Waals surface area contributed by atoms with E-state index < -0.39 is 35.0 Å². The molecule has 0 spiro atoms. The topological polar surface area (TPSA) is 121 Å². The summed E-state index contributed by atoms with van der Waals surface area (Å²) in [7, 11) is 0. The average Bonchev–Trinajstić information content (AvgIpc) is 3.76. The first-order valence-corrected chi connectivity index (χ1v) is 14.8. The fraction of sp³-hybridized carbons (Fsp3) is 0.438. The molecule has 4 atom stereocenters. The van der Waals surface area contributed by atoms with E-state index in [1.54, 1.807) is 0 Å². The van der Waals surface area contributed by atoms with Crippen molar-refractivity contribution in [3.63, 3.8) is 0 Å². The van der Waals surface area contributed by atoms with Gasteiger partial charge in [-0.15, -0.1) is 0 Å². The maximum absolute atomic E-state index is 14.3. The molecule has 4 heterocycles. The Morgan fingerprint density at radius 1 is 0.543 bits per heavy atom. The van der Waals surface area contributed by atoms with E-state index in [0.717, 1.165) is 24.3 Å². The zero-order valence-electron chi connectivity index (χ0n) is 24.3. The van der Waals surface area contributed by atoms with E-state index in [1.807, 2.05) is 0 Å². The van der Waals surface area contributed by atoms with Crippen LogP contribution in [0, 0.1) is 0 Å². The highest BCUT2D eigenvalue weighted by atomic mass is 19.4. The van der Waals surface area contributed by atoms with Gasteiger partial charge < -0.3 is 39.9 Å². The van der Waals surface area contributed by atoms with Crippen molar-refractivity contribution in [2.75, 3.05) is 37.9 Å². The number of benzene rings is 3. The minimum Gasteiger partial charge on any atom is -0.456 e. The molecule has 7 rings (SSSR count). The largest absolute Gasteiger partial charge is 0.456 e. The Kier molecular flexibility index (Phi) is 7.73. The smallest absolute Gasteiger partial charge is 0.420 e. The fourth-order valence-electron chi connectivity index (χ4n) is 5.62. The third kappa shape index (κ3) is 6.99. The summed E-state index contributed by atoms with van der Waals surface area (Å²) in [4.78, 5) is 0. The number of nitrogens with two attached hydrogens (primary N) is 2. The normalized spacial score (nSPS) is 23.3. The summed E-state index contributed by atoms with van der Waals surface area (Å²) in [5.74, 6) is -0.925. The number of nitrogen functional groups attached to an aromatic ring is 2. The molecule has 14 heteroatoms. The van der Waals surface area contributed by atoms with E-state index in [1.165, 1.54) is 12.1 Å². The Morgan fingerprint density at radius 2 is 0.870 bits per heavy atom. The van der Waals surface area contributed by atoms with Crippen LogP contribution in [0.25, 0.3) is 0 Å². The monoisotopic (exact) mass is 652 g/mol. The SMILES string of the molecule is Nc1ccc(Oc2c(CC3CO3)c(CC3CO3)c(CC3CO3)c(Oc3ccc(N)cc3C(F)(F)F)c2CC2CO2)c(C(F)(F)F)c1. The molecule has 46 heavy (non-hydrogen) atoms. The van der Waals surface area contributed by atoms with E-state index in [0.29, 0.717) is 62.4 Å². The van der Waals surface area contributed by atoms with Crippen molar-refractivity contribution < 1.29 is 54.8 Å². The van der Waals surface area contributed by atoms with Crippen molar-refractivity contribution in [2.45, 2.75) is 62.5 Å². The van der Waals surface area contributed by atoms with Crippen LogP contribution in [-0.4, -0.2) is 50.8 Å². The lowest BCUT2D eigenvalue weighted by Gasteiger charge is -2.27. The quantitative estimate of drug-likeness (QED) is 0.134. The second kappa shape index (κ2) is 11.5. The van der Waals surface area contributed by atoms with Gasteiger partial charge in [-0.1, -0.05) is 0 Å². The van der Waals surface area contributed by atoms with Gasteiger partial charge in [0, 0.05) is 53.7 Å². The Balaban J connectivity index is 1.48. The zero-order chi connectivity index (χ0) is 32.4. The second-order valence-corrected chi connectivity index (χ2v) is 11.9. The summed E-state index contributed by atoms with van der Waals surface area (Å²) in [6.07, 6.45) is -9.59. The predicted molar refractivity (Wildman–Crippen MR) is 152 cm³/mol. The molecule has 4 saturated heterocycles. The molecule has 4 aliphatic rings. The molecule has 3 aromatic rings. The van der Waals surface area contributed by atoms with E-state index in [-0.39, 0.29) is 59.3 Å². The molecule has 4 N–H and O–H groups in total. The number of alkyl halides is 6. The van der Waals surface area contributed by atoms with Crippen LogP contribution < -0.4 is 20.9 Å². The van der Waals surface area contributed by atoms with E-state index in [9.17, 15) is 26.3 Å². The lowest BCUT2D eigenvalue weighted by molar-refractivity contribution is -0.139. The minimum absolute atomic E-state index is 0.0522. The van der Waals surface area contributed by atoms with Crippen molar-refractivity contribution in [3.8, 4) is 23.0 Å². The van der Waals surface area contributed by atoms with Gasteiger partial charge in [0.1, 0.15) is 34.1 Å². The van der Waals surface area contributed by atoms with Gasteiger partial charge >= 0.3 is 12.4 Å². The molecule has 0 bridgehead atoms. The molecule has 0 saturated carbocycles. The summed E-state index contributed by atoms with van der Waals surface area (Å²) < 4.78 is 120. The standard InChI is InChI=1S/C32H30F6N2O6/c33-31(34,35)25-5-15(39)1-3-27(25)45-29-22(8-18-12-42-18)21(7-17-11-41-17)23(9-19-13-43-19)30(24(29)10-20-14-44-20)46-28-4-2-16(40)6-26(28)32(36,37)38/h1-6,17-20H,7-14,39-40H2. The highest BCUT2D eigenvalue weighted by Gasteiger charge is 2.41. The van der Waals surface area contributed by atoms with Gasteiger partial charge in [-0.2, -0.15) is 26.3 Å². The van der Waals surface area contributed by atoms with Crippen LogP contribution in [0.15, 0.2) is 36.4 Å². The van der Waals surface area contributed by atoms with Gasteiger partial charge in [0.15, 0.2) is 0 Å². The molecule has 0 aliphatic carbocycles. The Labute approximate surface area is 259 Å². The van der Waals surface area contributed by atoms with Gasteiger partial charge in [-0.25, -0.2) is 0 Å². The van der Waals surface area contributed by atoms with Gasteiger partial charge in [0.25, 0.3) is 0 Å². The molecule has 3 aromatic carbocycles. The number of hydrogen-bond acceptors (Lipinski definition) is 8. The lowest BCUT2D eigenvalue weighted by Crippen LogP contribution is -2.17. The molecular formula is C32H30F6N2O6. The third-order valence-corrected chi connectivity index (χ3v) is 8.20. The van der Waals surface area contributed by atoms with E-state index >= 15 is 0 Å². The number of halogens is 6. The first-order chi connectivity index (χ1) is 21.8. The predicted octanol–water partition coefficient (Wildman–Crippen LogP) is 6.24. The zero-order valence-corrected chi connectivity index (χ0v) is 24.3. The molecule has 0 aromatic heterocycles. The number of epoxide rings is 4. The van der Waals surface area contributed by atoms with Crippen LogP contribution in [0.2, 0.25) is 0 Å². The molecule has 4 unspecified atom stereocenters. The minimum atomic E-state index is -4.82. The van der Waals surface area contributed by atoms with Gasteiger partial charge in [0.05, 0.1) is 50.8 Å². The summed E-state index contributed by atoms with van der Waals surface area (Å²) >= 11 is 0. The molecule has 0 amide bonds. The van der Waals surface area contributed by atoms with Crippen molar-refractivity contribution >= 4 is 11.4 Å². The number of rotatable bonds is 12. The van der Waals surface area contributed by atoms with Crippen LogP contribution >= 0.6 is 0 Å². The first-order valence-electron chi connectivity index (χ1n) is 14.8. The van der Waals surface area contributed by atoms with Gasteiger partial charge in [0.2, 0.25) is 0 Å². The highest BCUT2D eigenvalue weighted by Crippen LogP contribution is 2.50. The van der Waals surface area contributed by atoms with Crippen molar-refractivity contribution in [3.05, 3.63) is 69.8 Å². The van der Waals surface area contributed by atoms with Gasteiger partial charge in [-0.3, -0.25) is 0 Å². The van der Waals surface area contributed by atoms with E-state index in [2.05, 4.69) is 0 Å². The second-order valence-electron chi connectivity index (χ2n) is 11.9. The van der Waals surface area contributed by atoms with Gasteiger partial charge in [-0.05, 0) is 42.0 Å². The molecule has 0 radical (unpaired) electrons. The highest BCUT2D eigenvalue weighted by molar-refractivity contribution is 5.64. The van der Waals surface area contributed by atoms with Crippen LogP contribution in [-0.2, 0) is 57.0 Å². The van der Waals surface area contributed by atoms with E-state index in [4.69, 9.17) is 39.9 Å². The van der Waals surface area contributed by atoms with Crippen LogP contribution in [0.5, 0.6) is 23.0 Å². The van der Waals surface area contributed by atoms with Crippen LogP contribution in [0.1, 0.15) is 33.4 Å². The third-order valence-electron chi connectivity index (χ3n) is 8.20. The summed E-state index contributed by atoms with van der Waals surface area (Å²) in [5, 5.41) is 0. The van der Waals surface area contributed by atoms with Crippen molar-refractivity contribution in [2.24, 2.45) is 0 Å². The number of hydrogen-bond donors (Lipinski definition) is 2. The Hall–Kier alpha value is -3.72. The molecular weight excluding hydrogens is 622 g/mol. The Bertz CT molecular complexity index is 1540. The number of ether oxygens (including phenoxy) is 6. The van der Waals surface area contributed by atoms with Crippen molar-refractivity contribution in [1.82, 2.24) is 0 Å². The molecule has 4 aliphatic heterocycles. The van der Waals surface area contributed by atoms with Crippen LogP contribution in [0.3, 0.4) is 0 Å². The van der Waals surface area contributed by atoms with Crippen molar-refractivity contribution in [1.29, 1.82) is 0 Å². The maximum atomic E-state index is 14.3. The first kappa shape index (κ1) is 30.9. The van der Waals surface area contributed by atoms with Crippen LogP contribution in [0.4, 0.5) is 37.7 Å². The average molecular weight is 653 g/mol. The molecule has 4 fully saturated rings. The molecule has 246 valence electrons. The summed E-state index contributed by atoms with van der Waals surface area (Å²) in [6, 6.07) is 6.40. The molecule has 8 nitrogen and oxygen atoms in total. The fourth-order valence-corrected chi connectivity index (χ4v) is 5.62. The Morgan fingerprint density at radius 3 is 1.20 bits per heavy atom. The maximum Gasteiger partial charge on any atom is 0.420 e.